The first kappa shape index (κ1) is 15.2. The highest BCUT2D eigenvalue weighted by Crippen LogP contribution is 2.28. The minimum absolute atomic E-state index is 0.105. The molecule has 0 saturated carbocycles. The summed E-state index contributed by atoms with van der Waals surface area (Å²) in [6, 6.07) is 4.66. The Kier molecular flexibility index (Phi) is 3.85. The van der Waals surface area contributed by atoms with E-state index in [2.05, 4.69) is 5.32 Å². The normalized spacial score (nSPS) is 20.3. The molecule has 7 nitrogen and oxygen atoms in total. The van der Waals surface area contributed by atoms with E-state index in [1.54, 1.807) is 18.2 Å². The molecule has 120 valence electrons. The van der Waals surface area contributed by atoms with E-state index in [-0.39, 0.29) is 30.8 Å². The van der Waals surface area contributed by atoms with Gasteiger partial charge in [0, 0.05) is 25.5 Å². The molecular weight excluding hydrogens is 300 g/mol. The fourth-order valence-corrected chi connectivity index (χ4v) is 2.88. The number of benzene rings is 1. The van der Waals surface area contributed by atoms with Crippen LogP contribution in [0.5, 0.6) is 0 Å². The molecule has 0 bridgehead atoms. The second-order valence-electron chi connectivity index (χ2n) is 5.67. The molecule has 2 aliphatic rings. The van der Waals surface area contributed by atoms with Crippen LogP contribution in [0.25, 0.3) is 0 Å². The third kappa shape index (κ3) is 2.94. The number of piperidine rings is 1. The van der Waals surface area contributed by atoms with Gasteiger partial charge in [0.25, 0.3) is 5.91 Å². The lowest BCUT2D eigenvalue weighted by Gasteiger charge is -2.29. The van der Waals surface area contributed by atoms with Crippen molar-refractivity contribution in [3.63, 3.8) is 0 Å². The molecule has 1 saturated heterocycles. The van der Waals surface area contributed by atoms with Crippen LogP contribution in [-0.4, -0.2) is 34.6 Å². The van der Waals surface area contributed by atoms with E-state index in [0.29, 0.717) is 18.5 Å². The summed E-state index contributed by atoms with van der Waals surface area (Å²) in [5.74, 6) is -1.36. The van der Waals surface area contributed by atoms with Gasteiger partial charge in [0.1, 0.15) is 12.6 Å². The Morgan fingerprint density at radius 3 is 2.83 bits per heavy atom. The lowest BCUT2D eigenvalue weighted by atomic mass is 10.0. The van der Waals surface area contributed by atoms with Crippen LogP contribution >= 0.6 is 0 Å². The first-order chi connectivity index (χ1) is 11.0. The number of hydrogen-bond donors (Lipinski definition) is 1. The van der Waals surface area contributed by atoms with Gasteiger partial charge >= 0.3 is 5.97 Å². The smallest absolute Gasteiger partial charge is 0.302 e. The van der Waals surface area contributed by atoms with Crippen LogP contribution in [-0.2, 0) is 32.3 Å². The van der Waals surface area contributed by atoms with E-state index in [9.17, 15) is 19.2 Å². The summed E-state index contributed by atoms with van der Waals surface area (Å²) in [6.45, 7) is 1.77. The van der Waals surface area contributed by atoms with Gasteiger partial charge in [0.05, 0.1) is 0 Å². The van der Waals surface area contributed by atoms with Gasteiger partial charge in [0.2, 0.25) is 11.8 Å². The molecule has 0 aliphatic carbocycles. The molecule has 0 spiro atoms. The standard InChI is InChI=1S/C16H16N2O5/c1-9(19)23-8-10-2-3-11-7-18(16(22)12(11)6-10)13-4-5-14(20)17-15(13)21/h2-3,6,13H,4-5,7-8H2,1H3,(H,17,20,21). The van der Waals surface area contributed by atoms with Crippen molar-refractivity contribution in [2.75, 3.05) is 0 Å². The fraction of sp³-hybridized carbons (Fsp3) is 0.375. The molecule has 7 heteroatoms. The Morgan fingerprint density at radius 2 is 2.13 bits per heavy atom. The number of nitrogens with zero attached hydrogens (tertiary/aromatic N) is 1. The molecule has 0 radical (unpaired) electrons. The molecule has 1 aromatic carbocycles. The highest BCUT2D eigenvalue weighted by atomic mass is 16.5. The summed E-state index contributed by atoms with van der Waals surface area (Å²) in [6.07, 6.45) is 0.568. The maximum absolute atomic E-state index is 12.6. The van der Waals surface area contributed by atoms with Crippen molar-refractivity contribution in [3.05, 3.63) is 34.9 Å². The van der Waals surface area contributed by atoms with Crippen LogP contribution in [0.1, 0.15) is 41.3 Å². The third-order valence-electron chi connectivity index (χ3n) is 4.03. The molecule has 3 rings (SSSR count). The van der Waals surface area contributed by atoms with Gasteiger partial charge in [-0.3, -0.25) is 24.5 Å². The summed E-state index contributed by atoms with van der Waals surface area (Å²) >= 11 is 0. The van der Waals surface area contributed by atoms with E-state index in [0.717, 1.165) is 11.1 Å². The van der Waals surface area contributed by atoms with E-state index >= 15 is 0 Å². The number of hydrogen-bond acceptors (Lipinski definition) is 5. The average molecular weight is 316 g/mol. The summed E-state index contributed by atoms with van der Waals surface area (Å²) in [5, 5.41) is 2.27. The fourth-order valence-electron chi connectivity index (χ4n) is 2.88. The second-order valence-corrected chi connectivity index (χ2v) is 5.67. The average Bonchev–Trinajstić information content (AvgIpc) is 2.82. The van der Waals surface area contributed by atoms with E-state index in [1.807, 2.05) is 0 Å². The quantitative estimate of drug-likeness (QED) is 0.648. The van der Waals surface area contributed by atoms with Crippen LogP contribution < -0.4 is 5.32 Å². The van der Waals surface area contributed by atoms with E-state index in [4.69, 9.17) is 4.74 Å². The van der Waals surface area contributed by atoms with Gasteiger partial charge in [-0.1, -0.05) is 12.1 Å². The summed E-state index contributed by atoms with van der Waals surface area (Å²) in [5.41, 5.74) is 2.06. The number of amides is 3. The first-order valence-electron chi connectivity index (χ1n) is 7.35. The third-order valence-corrected chi connectivity index (χ3v) is 4.03. The van der Waals surface area contributed by atoms with E-state index < -0.39 is 11.9 Å². The first-order valence-corrected chi connectivity index (χ1v) is 7.35. The molecule has 0 aromatic heterocycles. The van der Waals surface area contributed by atoms with Crippen molar-refractivity contribution >= 4 is 23.7 Å². The summed E-state index contributed by atoms with van der Waals surface area (Å²) < 4.78 is 4.93. The predicted octanol–water partition coefficient (Wildman–Crippen LogP) is 0.511. The minimum Gasteiger partial charge on any atom is -0.461 e. The van der Waals surface area contributed by atoms with Crippen molar-refractivity contribution in [1.82, 2.24) is 10.2 Å². The zero-order chi connectivity index (χ0) is 16.6. The van der Waals surface area contributed by atoms with Gasteiger partial charge in [-0.25, -0.2) is 0 Å². The number of fused-ring (bicyclic) bond motifs is 1. The van der Waals surface area contributed by atoms with Crippen LogP contribution in [0, 0.1) is 0 Å². The molecule has 1 atom stereocenters. The number of carbonyl (C=O) groups excluding carboxylic acids is 4. The van der Waals surface area contributed by atoms with Gasteiger partial charge in [-0.2, -0.15) is 0 Å². The molecule has 3 amide bonds. The highest BCUT2D eigenvalue weighted by molar-refractivity contribution is 6.05. The number of esters is 1. The van der Waals surface area contributed by atoms with Crippen molar-refractivity contribution in [2.45, 2.75) is 39.0 Å². The number of ether oxygens (including phenoxy) is 1. The predicted molar refractivity (Wildman–Crippen MR) is 78.0 cm³/mol. The van der Waals surface area contributed by atoms with Crippen LogP contribution in [0.3, 0.4) is 0 Å². The lowest BCUT2D eigenvalue weighted by Crippen LogP contribution is -2.52. The highest BCUT2D eigenvalue weighted by Gasteiger charge is 2.39. The monoisotopic (exact) mass is 316 g/mol. The SMILES string of the molecule is CC(=O)OCc1ccc2c(c1)C(=O)N(C1CCC(=O)NC1=O)C2. The van der Waals surface area contributed by atoms with Crippen molar-refractivity contribution < 1.29 is 23.9 Å². The number of carbonyl (C=O) groups is 4. The Hall–Kier alpha value is -2.70. The van der Waals surface area contributed by atoms with Crippen molar-refractivity contribution in [2.24, 2.45) is 0 Å². The molecule has 2 aliphatic heterocycles. The van der Waals surface area contributed by atoms with Crippen LogP contribution in [0.2, 0.25) is 0 Å². The molecule has 2 heterocycles. The Morgan fingerprint density at radius 1 is 1.35 bits per heavy atom. The van der Waals surface area contributed by atoms with Crippen LogP contribution in [0.15, 0.2) is 18.2 Å². The molecular formula is C16H16N2O5. The molecule has 1 aromatic rings. The zero-order valence-electron chi connectivity index (χ0n) is 12.6. The van der Waals surface area contributed by atoms with Gasteiger partial charge in [0.15, 0.2) is 0 Å². The maximum Gasteiger partial charge on any atom is 0.302 e. The largest absolute Gasteiger partial charge is 0.461 e. The van der Waals surface area contributed by atoms with Gasteiger partial charge in [-0.05, 0) is 23.6 Å². The number of nitrogens with one attached hydrogen (secondary N) is 1. The van der Waals surface area contributed by atoms with E-state index in [1.165, 1.54) is 11.8 Å². The topological polar surface area (TPSA) is 92.8 Å². The second kappa shape index (κ2) is 5.83. The Balaban J connectivity index is 1.78. The van der Waals surface area contributed by atoms with Crippen molar-refractivity contribution in [3.8, 4) is 0 Å². The van der Waals surface area contributed by atoms with Crippen LogP contribution in [0.4, 0.5) is 0 Å². The molecule has 1 unspecified atom stereocenters. The van der Waals surface area contributed by atoms with Crippen molar-refractivity contribution in [1.29, 1.82) is 0 Å². The molecule has 23 heavy (non-hydrogen) atoms. The number of rotatable bonds is 3. The summed E-state index contributed by atoms with van der Waals surface area (Å²) in [4.78, 5) is 48.1. The number of imide groups is 1. The Labute approximate surface area is 132 Å². The van der Waals surface area contributed by atoms with Gasteiger partial charge in [-0.15, -0.1) is 0 Å². The van der Waals surface area contributed by atoms with Gasteiger partial charge < -0.3 is 9.64 Å². The lowest BCUT2D eigenvalue weighted by molar-refractivity contribution is -0.142. The minimum atomic E-state index is -0.621. The Bertz CT molecular complexity index is 712. The zero-order valence-corrected chi connectivity index (χ0v) is 12.6. The molecule has 1 N–H and O–H groups in total. The summed E-state index contributed by atoms with van der Waals surface area (Å²) in [7, 11) is 0. The molecule has 1 fully saturated rings. The maximum atomic E-state index is 12.6.